The summed E-state index contributed by atoms with van der Waals surface area (Å²) in [7, 11) is 1.31. The summed E-state index contributed by atoms with van der Waals surface area (Å²) in [6.07, 6.45) is 0.772. The third kappa shape index (κ3) is 2.09. The fourth-order valence-corrected chi connectivity index (χ4v) is 0.964. The van der Waals surface area contributed by atoms with Gasteiger partial charge in [0.05, 0.1) is 13.2 Å². The molecule has 0 spiro atoms. The van der Waals surface area contributed by atoms with E-state index in [9.17, 15) is 4.79 Å². The number of carbonyl (C=O) groups excluding carboxylic acids is 1. The van der Waals surface area contributed by atoms with Crippen molar-refractivity contribution in [3.8, 4) is 0 Å². The average molecular weight is 183 g/mol. The Morgan fingerprint density at radius 1 is 1.69 bits per heavy atom. The zero-order valence-corrected chi connectivity index (χ0v) is 7.74. The van der Waals surface area contributed by atoms with Gasteiger partial charge in [-0.1, -0.05) is 6.92 Å². The van der Waals surface area contributed by atoms with Crippen LogP contribution in [0, 0.1) is 0 Å². The molecule has 0 fully saturated rings. The van der Waals surface area contributed by atoms with E-state index in [1.165, 1.54) is 7.11 Å². The first-order valence-corrected chi connectivity index (χ1v) is 4.12. The van der Waals surface area contributed by atoms with Crippen LogP contribution in [0.5, 0.6) is 0 Å². The Balaban J connectivity index is 2.80. The number of carbonyl (C=O) groups is 1. The van der Waals surface area contributed by atoms with Crippen LogP contribution < -0.4 is 5.73 Å². The maximum Gasteiger partial charge on any atom is 0.373 e. The number of hydrogen-bond acceptors (Lipinski definition) is 4. The molecule has 1 aromatic heterocycles. The molecule has 0 bridgehead atoms. The van der Waals surface area contributed by atoms with Crippen molar-refractivity contribution in [2.75, 3.05) is 7.11 Å². The van der Waals surface area contributed by atoms with E-state index in [0.717, 1.165) is 6.42 Å². The highest BCUT2D eigenvalue weighted by Crippen LogP contribution is 2.17. The molecule has 0 aliphatic heterocycles. The molecule has 1 rings (SSSR count). The van der Waals surface area contributed by atoms with E-state index < -0.39 is 5.97 Å². The molecule has 1 atom stereocenters. The van der Waals surface area contributed by atoms with Crippen LogP contribution in [-0.4, -0.2) is 13.1 Å². The smallest absolute Gasteiger partial charge is 0.373 e. The average Bonchev–Trinajstić information content (AvgIpc) is 2.64. The molecule has 72 valence electrons. The van der Waals surface area contributed by atoms with E-state index in [1.807, 2.05) is 6.92 Å². The first-order chi connectivity index (χ1) is 6.19. The third-order valence-corrected chi connectivity index (χ3v) is 1.82. The molecule has 0 aromatic carbocycles. The quantitative estimate of drug-likeness (QED) is 0.721. The summed E-state index contributed by atoms with van der Waals surface area (Å²) in [5.74, 6) is 0.332. The lowest BCUT2D eigenvalue weighted by atomic mass is 10.2. The summed E-state index contributed by atoms with van der Waals surface area (Å²) in [5, 5.41) is 0. The topological polar surface area (TPSA) is 65.5 Å². The lowest BCUT2D eigenvalue weighted by Crippen LogP contribution is -2.07. The van der Waals surface area contributed by atoms with Crippen molar-refractivity contribution in [1.82, 2.24) is 0 Å². The van der Waals surface area contributed by atoms with Crippen molar-refractivity contribution in [3.05, 3.63) is 23.7 Å². The van der Waals surface area contributed by atoms with Crippen LogP contribution in [0.25, 0.3) is 0 Å². The molecule has 2 N–H and O–H groups in total. The first-order valence-electron chi connectivity index (χ1n) is 4.12. The standard InChI is InChI=1S/C9H13NO3/c1-3-6(10)7-4-5-8(13-7)9(11)12-2/h4-6H,3,10H2,1-2H3. The molecule has 0 aliphatic rings. The van der Waals surface area contributed by atoms with Crippen LogP contribution in [0.2, 0.25) is 0 Å². The normalized spacial score (nSPS) is 12.5. The van der Waals surface area contributed by atoms with Crippen molar-refractivity contribution in [3.63, 3.8) is 0 Å². The van der Waals surface area contributed by atoms with E-state index in [2.05, 4.69) is 4.74 Å². The van der Waals surface area contributed by atoms with Gasteiger partial charge in [0.15, 0.2) is 0 Å². The monoisotopic (exact) mass is 183 g/mol. The second kappa shape index (κ2) is 4.09. The van der Waals surface area contributed by atoms with Gasteiger partial charge in [-0.2, -0.15) is 0 Å². The van der Waals surface area contributed by atoms with Gasteiger partial charge in [-0.05, 0) is 18.6 Å². The molecule has 1 aromatic rings. The summed E-state index contributed by atoms with van der Waals surface area (Å²) >= 11 is 0. The maximum absolute atomic E-state index is 11.0. The van der Waals surface area contributed by atoms with Crippen LogP contribution in [-0.2, 0) is 4.74 Å². The maximum atomic E-state index is 11.0. The van der Waals surface area contributed by atoms with Gasteiger partial charge in [0.1, 0.15) is 5.76 Å². The second-order valence-corrected chi connectivity index (χ2v) is 2.71. The molecule has 1 unspecified atom stereocenters. The van der Waals surface area contributed by atoms with Gasteiger partial charge in [-0.25, -0.2) is 4.79 Å². The lowest BCUT2D eigenvalue weighted by Gasteiger charge is -2.02. The van der Waals surface area contributed by atoms with E-state index in [-0.39, 0.29) is 11.8 Å². The van der Waals surface area contributed by atoms with Crippen LogP contribution in [0.3, 0.4) is 0 Å². The van der Waals surface area contributed by atoms with E-state index in [4.69, 9.17) is 10.2 Å². The number of esters is 1. The highest BCUT2D eigenvalue weighted by Gasteiger charge is 2.13. The van der Waals surface area contributed by atoms with Crippen molar-refractivity contribution >= 4 is 5.97 Å². The van der Waals surface area contributed by atoms with Crippen molar-refractivity contribution in [2.45, 2.75) is 19.4 Å². The van der Waals surface area contributed by atoms with Gasteiger partial charge in [-0.15, -0.1) is 0 Å². The van der Waals surface area contributed by atoms with E-state index in [1.54, 1.807) is 12.1 Å². The summed E-state index contributed by atoms with van der Waals surface area (Å²) in [6.45, 7) is 1.95. The number of ether oxygens (including phenoxy) is 1. The lowest BCUT2D eigenvalue weighted by molar-refractivity contribution is 0.0562. The minimum absolute atomic E-state index is 0.154. The Morgan fingerprint density at radius 3 is 2.92 bits per heavy atom. The highest BCUT2D eigenvalue weighted by molar-refractivity contribution is 5.86. The van der Waals surface area contributed by atoms with Gasteiger partial charge >= 0.3 is 5.97 Å². The molecule has 0 aliphatic carbocycles. The van der Waals surface area contributed by atoms with Crippen LogP contribution in [0.15, 0.2) is 16.5 Å². The first kappa shape index (κ1) is 9.80. The molecular formula is C9H13NO3. The summed E-state index contributed by atoms with van der Waals surface area (Å²) in [4.78, 5) is 11.0. The fraction of sp³-hybridized carbons (Fsp3) is 0.444. The number of hydrogen-bond donors (Lipinski definition) is 1. The summed E-state index contributed by atoms with van der Waals surface area (Å²) < 4.78 is 9.68. The van der Waals surface area contributed by atoms with Gasteiger partial charge in [0, 0.05) is 0 Å². The summed E-state index contributed by atoms with van der Waals surface area (Å²) in [5.41, 5.74) is 5.70. The molecule has 1 heterocycles. The van der Waals surface area contributed by atoms with E-state index in [0.29, 0.717) is 5.76 Å². The third-order valence-electron chi connectivity index (χ3n) is 1.82. The van der Waals surface area contributed by atoms with Crippen LogP contribution >= 0.6 is 0 Å². The molecule has 4 nitrogen and oxygen atoms in total. The van der Waals surface area contributed by atoms with Gasteiger partial charge in [0.25, 0.3) is 0 Å². The van der Waals surface area contributed by atoms with Crippen LogP contribution in [0.1, 0.15) is 35.7 Å². The SMILES string of the molecule is CCC(N)c1ccc(C(=O)OC)o1. The predicted octanol–water partition coefficient (Wildman–Crippen LogP) is 1.48. The Hall–Kier alpha value is -1.29. The van der Waals surface area contributed by atoms with Gasteiger partial charge in [0.2, 0.25) is 5.76 Å². The number of nitrogens with two attached hydrogens (primary N) is 1. The van der Waals surface area contributed by atoms with Gasteiger partial charge < -0.3 is 14.9 Å². The highest BCUT2D eigenvalue weighted by atomic mass is 16.5. The van der Waals surface area contributed by atoms with Crippen molar-refractivity contribution in [1.29, 1.82) is 0 Å². The van der Waals surface area contributed by atoms with E-state index >= 15 is 0 Å². The second-order valence-electron chi connectivity index (χ2n) is 2.71. The van der Waals surface area contributed by atoms with Crippen LogP contribution in [0.4, 0.5) is 0 Å². The minimum Gasteiger partial charge on any atom is -0.463 e. The Kier molecular flexibility index (Phi) is 3.08. The van der Waals surface area contributed by atoms with Crippen molar-refractivity contribution < 1.29 is 13.9 Å². The molecule has 0 saturated carbocycles. The Bertz CT molecular complexity index is 293. The largest absolute Gasteiger partial charge is 0.463 e. The predicted molar refractivity (Wildman–Crippen MR) is 47.3 cm³/mol. The zero-order chi connectivity index (χ0) is 9.84. The minimum atomic E-state index is -0.477. The number of furan rings is 1. The van der Waals surface area contributed by atoms with Crippen molar-refractivity contribution in [2.24, 2.45) is 5.73 Å². The molecule has 0 radical (unpaired) electrons. The number of rotatable bonds is 3. The number of methoxy groups -OCH3 is 1. The fourth-order valence-electron chi connectivity index (χ4n) is 0.964. The molecule has 0 saturated heterocycles. The Labute approximate surface area is 76.7 Å². The Morgan fingerprint density at radius 2 is 2.38 bits per heavy atom. The molecule has 4 heteroatoms. The molecule has 13 heavy (non-hydrogen) atoms. The zero-order valence-electron chi connectivity index (χ0n) is 7.74. The van der Waals surface area contributed by atoms with Gasteiger partial charge in [-0.3, -0.25) is 0 Å². The molecular weight excluding hydrogens is 170 g/mol. The summed E-state index contributed by atoms with van der Waals surface area (Å²) in [6, 6.07) is 3.11. The molecule has 0 amide bonds.